The predicted molar refractivity (Wildman–Crippen MR) is 79.7 cm³/mol. The Balaban J connectivity index is 1.57. The van der Waals surface area contributed by atoms with Gasteiger partial charge in [-0.2, -0.15) is 10.3 Å². The SMILES string of the molecule is C[C@@H](NC(=O)NCCSc1cn[nH]n1)C1CCCCC1. The Morgan fingerprint density at radius 2 is 2.30 bits per heavy atom. The molecule has 0 spiro atoms. The molecule has 1 fully saturated rings. The van der Waals surface area contributed by atoms with Crippen molar-refractivity contribution >= 4 is 17.8 Å². The molecule has 2 amide bonds. The zero-order chi connectivity index (χ0) is 14.2. The lowest BCUT2D eigenvalue weighted by Gasteiger charge is -2.28. The maximum absolute atomic E-state index is 11.8. The number of urea groups is 1. The minimum atomic E-state index is -0.0659. The molecule has 0 bridgehead atoms. The number of thioether (sulfide) groups is 1. The van der Waals surface area contributed by atoms with Crippen molar-refractivity contribution in [1.82, 2.24) is 26.0 Å². The van der Waals surface area contributed by atoms with E-state index in [-0.39, 0.29) is 12.1 Å². The molecule has 1 heterocycles. The minimum absolute atomic E-state index is 0.0659. The molecular weight excluding hydrogens is 274 g/mol. The van der Waals surface area contributed by atoms with Crippen molar-refractivity contribution in [3.8, 4) is 0 Å². The molecule has 0 unspecified atom stereocenters. The Labute approximate surface area is 123 Å². The summed E-state index contributed by atoms with van der Waals surface area (Å²) < 4.78 is 0. The van der Waals surface area contributed by atoms with Crippen molar-refractivity contribution in [3.05, 3.63) is 6.20 Å². The number of hydrogen-bond acceptors (Lipinski definition) is 4. The summed E-state index contributed by atoms with van der Waals surface area (Å²) in [6.45, 7) is 2.74. The number of aromatic amines is 1. The summed E-state index contributed by atoms with van der Waals surface area (Å²) in [6, 6.07) is 0.197. The highest BCUT2D eigenvalue weighted by atomic mass is 32.2. The molecule has 20 heavy (non-hydrogen) atoms. The summed E-state index contributed by atoms with van der Waals surface area (Å²) in [5.41, 5.74) is 0. The average molecular weight is 297 g/mol. The number of nitrogens with one attached hydrogen (secondary N) is 3. The molecule has 1 aromatic rings. The lowest BCUT2D eigenvalue weighted by atomic mass is 9.85. The number of aromatic nitrogens is 3. The lowest BCUT2D eigenvalue weighted by Crippen LogP contribution is -2.45. The number of H-pyrrole nitrogens is 1. The van der Waals surface area contributed by atoms with Gasteiger partial charge in [0.25, 0.3) is 0 Å². The zero-order valence-electron chi connectivity index (χ0n) is 11.9. The summed E-state index contributed by atoms with van der Waals surface area (Å²) in [5, 5.41) is 17.0. The van der Waals surface area contributed by atoms with Gasteiger partial charge in [-0.25, -0.2) is 4.79 Å². The summed E-state index contributed by atoms with van der Waals surface area (Å²) in [7, 11) is 0. The Morgan fingerprint density at radius 3 is 3.00 bits per heavy atom. The van der Waals surface area contributed by atoms with Gasteiger partial charge < -0.3 is 10.6 Å². The van der Waals surface area contributed by atoms with Crippen LogP contribution in [0.1, 0.15) is 39.0 Å². The van der Waals surface area contributed by atoms with Gasteiger partial charge in [0.1, 0.15) is 5.03 Å². The quantitative estimate of drug-likeness (QED) is 0.555. The Morgan fingerprint density at radius 1 is 1.50 bits per heavy atom. The average Bonchev–Trinajstić information content (AvgIpc) is 2.98. The summed E-state index contributed by atoms with van der Waals surface area (Å²) in [5.74, 6) is 1.43. The second-order valence-corrected chi connectivity index (χ2v) is 6.36. The zero-order valence-corrected chi connectivity index (χ0v) is 12.7. The number of nitrogens with zero attached hydrogens (tertiary/aromatic N) is 2. The number of carbonyl (C=O) groups excluding carboxylic acids is 1. The molecule has 1 saturated carbocycles. The highest BCUT2D eigenvalue weighted by molar-refractivity contribution is 7.99. The second kappa shape index (κ2) is 8.14. The van der Waals surface area contributed by atoms with Gasteiger partial charge in [-0.05, 0) is 25.7 Å². The standard InChI is InChI=1S/C13H23N5OS/c1-10(11-5-3-2-4-6-11)16-13(19)14-7-8-20-12-9-15-18-17-12/h9-11H,2-8H2,1H3,(H2,14,16,19)(H,15,17,18)/t10-/m1/s1. The van der Waals surface area contributed by atoms with Crippen molar-refractivity contribution in [2.45, 2.75) is 50.1 Å². The van der Waals surface area contributed by atoms with Crippen LogP contribution in [0, 0.1) is 5.92 Å². The number of hydrogen-bond donors (Lipinski definition) is 3. The monoisotopic (exact) mass is 297 g/mol. The molecule has 1 aliphatic rings. The number of amides is 2. The van der Waals surface area contributed by atoms with Gasteiger partial charge in [0, 0.05) is 18.3 Å². The third-order valence-electron chi connectivity index (χ3n) is 3.75. The van der Waals surface area contributed by atoms with Crippen molar-refractivity contribution < 1.29 is 4.79 Å². The Hall–Kier alpha value is -1.24. The van der Waals surface area contributed by atoms with E-state index in [2.05, 4.69) is 33.0 Å². The van der Waals surface area contributed by atoms with Crippen LogP contribution in [0.15, 0.2) is 11.2 Å². The van der Waals surface area contributed by atoms with E-state index in [1.165, 1.54) is 32.1 Å². The highest BCUT2D eigenvalue weighted by Gasteiger charge is 2.21. The molecule has 0 aliphatic heterocycles. The first-order valence-corrected chi connectivity index (χ1v) is 8.27. The smallest absolute Gasteiger partial charge is 0.315 e. The van der Waals surface area contributed by atoms with E-state index in [0.717, 1.165) is 10.8 Å². The third kappa shape index (κ3) is 5.03. The first-order valence-electron chi connectivity index (χ1n) is 7.28. The molecule has 112 valence electrons. The van der Waals surface area contributed by atoms with Crippen molar-refractivity contribution in [3.63, 3.8) is 0 Å². The van der Waals surface area contributed by atoms with Gasteiger partial charge in [0.05, 0.1) is 6.20 Å². The minimum Gasteiger partial charge on any atom is -0.337 e. The molecule has 1 aromatic heterocycles. The topological polar surface area (TPSA) is 82.7 Å². The van der Waals surface area contributed by atoms with Crippen molar-refractivity contribution in [2.24, 2.45) is 5.92 Å². The maximum Gasteiger partial charge on any atom is 0.315 e. The first kappa shape index (κ1) is 15.2. The molecule has 2 rings (SSSR count). The fraction of sp³-hybridized carbons (Fsp3) is 0.769. The first-order chi connectivity index (χ1) is 9.75. The van der Waals surface area contributed by atoms with Gasteiger partial charge in [-0.3, -0.25) is 0 Å². The second-order valence-electron chi connectivity index (χ2n) is 5.24. The predicted octanol–water partition coefficient (Wildman–Crippen LogP) is 2.16. The molecule has 7 heteroatoms. The van der Waals surface area contributed by atoms with Crippen LogP contribution in [0.3, 0.4) is 0 Å². The molecule has 3 N–H and O–H groups in total. The Kier molecular flexibility index (Phi) is 6.17. The summed E-state index contributed by atoms with van der Waals surface area (Å²) in [4.78, 5) is 11.8. The van der Waals surface area contributed by atoms with Crippen LogP contribution in [0.5, 0.6) is 0 Å². The molecule has 0 saturated heterocycles. The van der Waals surface area contributed by atoms with Gasteiger partial charge in [0.15, 0.2) is 0 Å². The molecular formula is C13H23N5OS. The van der Waals surface area contributed by atoms with Gasteiger partial charge >= 0.3 is 6.03 Å². The van der Waals surface area contributed by atoms with E-state index in [1.807, 2.05) is 0 Å². The third-order valence-corrected chi connectivity index (χ3v) is 4.65. The molecule has 0 aromatic carbocycles. The van der Waals surface area contributed by atoms with Crippen LogP contribution in [-0.4, -0.2) is 39.8 Å². The van der Waals surface area contributed by atoms with Crippen molar-refractivity contribution in [1.29, 1.82) is 0 Å². The number of carbonyl (C=O) groups is 1. The fourth-order valence-electron chi connectivity index (χ4n) is 2.59. The molecule has 1 atom stereocenters. The van der Waals surface area contributed by atoms with E-state index in [1.54, 1.807) is 18.0 Å². The molecule has 0 radical (unpaired) electrons. The maximum atomic E-state index is 11.8. The number of rotatable bonds is 6. The van der Waals surface area contributed by atoms with Gasteiger partial charge in [-0.1, -0.05) is 19.3 Å². The lowest BCUT2D eigenvalue weighted by molar-refractivity contribution is 0.225. The van der Waals surface area contributed by atoms with Crippen LogP contribution in [-0.2, 0) is 0 Å². The van der Waals surface area contributed by atoms with Crippen LogP contribution in [0.25, 0.3) is 0 Å². The Bertz CT molecular complexity index is 391. The van der Waals surface area contributed by atoms with E-state index in [9.17, 15) is 4.79 Å². The van der Waals surface area contributed by atoms with E-state index < -0.39 is 0 Å². The van der Waals surface area contributed by atoms with Gasteiger partial charge in [0.2, 0.25) is 0 Å². The fourth-order valence-corrected chi connectivity index (χ4v) is 3.24. The van der Waals surface area contributed by atoms with Crippen LogP contribution < -0.4 is 10.6 Å². The van der Waals surface area contributed by atoms with E-state index in [0.29, 0.717) is 12.5 Å². The normalized spacial score (nSPS) is 17.6. The van der Waals surface area contributed by atoms with Crippen LogP contribution in [0.2, 0.25) is 0 Å². The van der Waals surface area contributed by atoms with Crippen LogP contribution in [0.4, 0.5) is 4.79 Å². The molecule has 1 aliphatic carbocycles. The summed E-state index contributed by atoms with van der Waals surface area (Å²) in [6.07, 6.45) is 8.09. The van der Waals surface area contributed by atoms with Gasteiger partial charge in [-0.15, -0.1) is 16.9 Å². The largest absolute Gasteiger partial charge is 0.337 e. The van der Waals surface area contributed by atoms with E-state index >= 15 is 0 Å². The molecule has 6 nitrogen and oxygen atoms in total. The van der Waals surface area contributed by atoms with Crippen molar-refractivity contribution in [2.75, 3.05) is 12.3 Å². The highest BCUT2D eigenvalue weighted by Crippen LogP contribution is 2.26. The van der Waals surface area contributed by atoms with Crippen LogP contribution >= 0.6 is 11.8 Å². The van der Waals surface area contributed by atoms with E-state index in [4.69, 9.17) is 0 Å². The summed E-state index contributed by atoms with van der Waals surface area (Å²) >= 11 is 1.57.